The van der Waals surface area contributed by atoms with Crippen LogP contribution in [0.25, 0.3) is 0 Å². The van der Waals surface area contributed by atoms with E-state index in [0.717, 1.165) is 42.7 Å². The van der Waals surface area contributed by atoms with Gasteiger partial charge in [0.25, 0.3) is 5.91 Å². The van der Waals surface area contributed by atoms with Crippen LogP contribution in [-0.4, -0.2) is 30.0 Å². The van der Waals surface area contributed by atoms with Crippen molar-refractivity contribution in [2.24, 2.45) is 5.92 Å². The van der Waals surface area contributed by atoms with Gasteiger partial charge in [0.2, 0.25) is 0 Å². The predicted molar refractivity (Wildman–Crippen MR) is 108 cm³/mol. The van der Waals surface area contributed by atoms with Crippen molar-refractivity contribution in [2.45, 2.75) is 46.1 Å². The Morgan fingerprint density at radius 2 is 2.12 bits per heavy atom. The fraction of sp³-hybridized carbons (Fsp3) is 0.435. The zero-order valence-corrected chi connectivity index (χ0v) is 16.3. The number of rotatable bonds is 6. The zero-order chi connectivity index (χ0) is 18.9. The minimum absolute atomic E-state index is 0.139. The molecule has 140 valence electrons. The van der Waals surface area contributed by atoms with E-state index in [4.69, 9.17) is 4.74 Å². The summed E-state index contributed by atoms with van der Waals surface area (Å²) in [6.07, 6.45) is 10.7. The Bertz CT molecular complexity index is 675. The molecule has 1 aliphatic rings. The molecule has 26 heavy (non-hydrogen) atoms. The van der Waals surface area contributed by atoms with Gasteiger partial charge in [0.15, 0.2) is 0 Å². The number of likely N-dealkylation sites (tertiary alicyclic amines) is 1. The predicted octanol–water partition coefficient (Wildman–Crippen LogP) is 5.29. The van der Waals surface area contributed by atoms with Gasteiger partial charge in [-0.05, 0) is 57.4 Å². The maximum absolute atomic E-state index is 13.1. The second-order valence-corrected chi connectivity index (χ2v) is 7.02. The monoisotopic (exact) mass is 353 g/mol. The van der Waals surface area contributed by atoms with Gasteiger partial charge in [0.05, 0.1) is 6.61 Å². The Morgan fingerprint density at radius 1 is 1.35 bits per heavy atom. The standard InChI is InChI=1S/C23H31NO2/c1-5-7-14-21(6-2)26-17-20-13-10-12-19(4)24(16-20)23(25)22-15-9-8-11-18(22)3/h5-9,11,14-15,19-20H,1,10,12-13,16-17H2,2-4H3. The molecular weight excluding hydrogens is 322 g/mol. The van der Waals surface area contributed by atoms with E-state index in [1.165, 1.54) is 0 Å². The molecule has 2 atom stereocenters. The van der Waals surface area contributed by atoms with Gasteiger partial charge in [-0.15, -0.1) is 0 Å². The molecule has 0 aromatic heterocycles. The number of amides is 1. The summed E-state index contributed by atoms with van der Waals surface area (Å²) in [4.78, 5) is 15.2. The lowest BCUT2D eigenvalue weighted by Gasteiger charge is -2.30. The number of hydrogen-bond acceptors (Lipinski definition) is 2. The Morgan fingerprint density at radius 3 is 2.81 bits per heavy atom. The van der Waals surface area contributed by atoms with Crippen LogP contribution in [0.15, 0.2) is 60.9 Å². The van der Waals surface area contributed by atoms with Gasteiger partial charge < -0.3 is 9.64 Å². The second-order valence-electron chi connectivity index (χ2n) is 7.02. The smallest absolute Gasteiger partial charge is 0.254 e. The Labute approximate surface area is 158 Å². The van der Waals surface area contributed by atoms with Crippen LogP contribution in [0.1, 0.15) is 49.0 Å². The van der Waals surface area contributed by atoms with Crippen molar-refractivity contribution >= 4 is 5.91 Å². The maximum atomic E-state index is 13.1. The van der Waals surface area contributed by atoms with E-state index >= 15 is 0 Å². The van der Waals surface area contributed by atoms with Crippen LogP contribution in [0.4, 0.5) is 0 Å². The summed E-state index contributed by atoms with van der Waals surface area (Å²) >= 11 is 0. The second kappa shape index (κ2) is 10.0. The molecule has 0 saturated carbocycles. The quantitative estimate of drug-likeness (QED) is 0.514. The van der Waals surface area contributed by atoms with E-state index in [1.807, 2.05) is 61.2 Å². The molecule has 1 heterocycles. The number of allylic oxidation sites excluding steroid dienone is 4. The van der Waals surface area contributed by atoms with Crippen LogP contribution in [0.5, 0.6) is 0 Å². The van der Waals surface area contributed by atoms with E-state index in [1.54, 1.807) is 6.08 Å². The van der Waals surface area contributed by atoms with E-state index in [-0.39, 0.29) is 11.9 Å². The zero-order valence-electron chi connectivity index (χ0n) is 16.3. The van der Waals surface area contributed by atoms with Crippen molar-refractivity contribution in [3.05, 3.63) is 72.0 Å². The minimum Gasteiger partial charge on any atom is -0.494 e. The van der Waals surface area contributed by atoms with Crippen molar-refractivity contribution in [3.63, 3.8) is 0 Å². The molecule has 1 amide bonds. The first kappa shape index (κ1) is 20.0. The molecule has 0 spiro atoms. The number of aryl methyl sites for hydroxylation is 1. The van der Waals surface area contributed by atoms with Crippen LogP contribution in [0.2, 0.25) is 0 Å². The molecule has 0 aliphatic carbocycles. The number of nitrogens with zero attached hydrogens (tertiary/aromatic N) is 1. The first-order chi connectivity index (χ1) is 12.6. The van der Waals surface area contributed by atoms with Gasteiger partial charge in [-0.25, -0.2) is 0 Å². The van der Waals surface area contributed by atoms with Crippen LogP contribution in [0.3, 0.4) is 0 Å². The first-order valence-corrected chi connectivity index (χ1v) is 9.51. The van der Waals surface area contributed by atoms with Gasteiger partial charge in [0, 0.05) is 24.1 Å². The molecule has 3 nitrogen and oxygen atoms in total. The Kier molecular flexibility index (Phi) is 7.71. The summed E-state index contributed by atoms with van der Waals surface area (Å²) in [7, 11) is 0. The lowest BCUT2D eigenvalue weighted by atomic mass is 10.0. The van der Waals surface area contributed by atoms with E-state index in [2.05, 4.69) is 13.5 Å². The summed E-state index contributed by atoms with van der Waals surface area (Å²) in [5.41, 5.74) is 1.84. The van der Waals surface area contributed by atoms with Crippen molar-refractivity contribution in [3.8, 4) is 0 Å². The highest BCUT2D eigenvalue weighted by atomic mass is 16.5. The molecule has 1 fully saturated rings. The van der Waals surface area contributed by atoms with Crippen LogP contribution < -0.4 is 0 Å². The summed E-state index contributed by atoms with van der Waals surface area (Å²) in [6, 6.07) is 8.10. The molecule has 3 heteroatoms. The average molecular weight is 354 g/mol. The number of benzene rings is 1. The maximum Gasteiger partial charge on any atom is 0.254 e. The van der Waals surface area contributed by atoms with Crippen LogP contribution in [0, 0.1) is 12.8 Å². The molecular formula is C23H31NO2. The van der Waals surface area contributed by atoms with Gasteiger partial charge in [0.1, 0.15) is 5.76 Å². The van der Waals surface area contributed by atoms with Crippen molar-refractivity contribution in [2.75, 3.05) is 13.2 Å². The van der Waals surface area contributed by atoms with E-state index in [9.17, 15) is 4.79 Å². The number of hydrogen-bond donors (Lipinski definition) is 0. The Balaban J connectivity index is 2.07. The highest BCUT2D eigenvalue weighted by Crippen LogP contribution is 2.24. The SMILES string of the molecule is C=CC=CC(=CC)OCC1CCCC(C)N(C(=O)c2ccccc2C)C1. The summed E-state index contributed by atoms with van der Waals surface area (Å²) in [5.74, 6) is 1.33. The average Bonchev–Trinajstić information content (AvgIpc) is 2.83. The van der Waals surface area contributed by atoms with Crippen LogP contribution >= 0.6 is 0 Å². The molecule has 1 aliphatic heterocycles. The molecule has 1 aromatic rings. The molecule has 2 unspecified atom stereocenters. The van der Waals surface area contributed by atoms with Gasteiger partial charge in [-0.3, -0.25) is 4.79 Å². The molecule has 1 aromatic carbocycles. The van der Waals surface area contributed by atoms with E-state index < -0.39 is 0 Å². The molecule has 1 saturated heterocycles. The minimum atomic E-state index is 0.139. The third-order valence-corrected chi connectivity index (χ3v) is 5.02. The normalized spacial score (nSPS) is 21.5. The highest BCUT2D eigenvalue weighted by molar-refractivity contribution is 5.95. The summed E-state index contributed by atoms with van der Waals surface area (Å²) in [6.45, 7) is 11.2. The highest BCUT2D eigenvalue weighted by Gasteiger charge is 2.28. The van der Waals surface area contributed by atoms with Crippen molar-refractivity contribution < 1.29 is 9.53 Å². The number of carbonyl (C=O) groups is 1. The van der Waals surface area contributed by atoms with Crippen molar-refractivity contribution in [1.82, 2.24) is 4.90 Å². The lowest BCUT2D eigenvalue weighted by molar-refractivity contribution is 0.0635. The van der Waals surface area contributed by atoms with Gasteiger partial charge >= 0.3 is 0 Å². The largest absolute Gasteiger partial charge is 0.494 e. The molecule has 0 N–H and O–H groups in total. The molecule has 0 bridgehead atoms. The lowest BCUT2D eigenvalue weighted by Crippen LogP contribution is -2.41. The molecule has 0 radical (unpaired) electrons. The number of carbonyl (C=O) groups excluding carboxylic acids is 1. The third kappa shape index (κ3) is 5.35. The van der Waals surface area contributed by atoms with Gasteiger partial charge in [-0.2, -0.15) is 0 Å². The fourth-order valence-electron chi connectivity index (χ4n) is 3.40. The summed E-state index contributed by atoms with van der Waals surface area (Å²) < 4.78 is 5.97. The topological polar surface area (TPSA) is 29.5 Å². The van der Waals surface area contributed by atoms with Gasteiger partial charge in [-0.1, -0.05) is 43.4 Å². The number of ether oxygens (including phenoxy) is 1. The van der Waals surface area contributed by atoms with Crippen LogP contribution in [-0.2, 0) is 4.74 Å². The summed E-state index contributed by atoms with van der Waals surface area (Å²) in [5, 5.41) is 0. The fourth-order valence-corrected chi connectivity index (χ4v) is 3.40. The molecule has 2 rings (SSSR count). The van der Waals surface area contributed by atoms with E-state index in [0.29, 0.717) is 12.5 Å². The first-order valence-electron chi connectivity index (χ1n) is 9.51. The third-order valence-electron chi connectivity index (χ3n) is 5.02. The Hall–Kier alpha value is -2.29. The van der Waals surface area contributed by atoms with Crippen molar-refractivity contribution in [1.29, 1.82) is 0 Å².